The van der Waals surface area contributed by atoms with Crippen molar-refractivity contribution in [3.63, 3.8) is 0 Å². The van der Waals surface area contributed by atoms with Gasteiger partial charge in [0.25, 0.3) is 0 Å². The van der Waals surface area contributed by atoms with E-state index in [1.807, 2.05) is 6.07 Å². The maximum absolute atomic E-state index is 13.4. The highest BCUT2D eigenvalue weighted by atomic mass is 19.4. The molecule has 10 heteroatoms. The van der Waals surface area contributed by atoms with Gasteiger partial charge in [0.1, 0.15) is 23.6 Å². The van der Waals surface area contributed by atoms with Crippen LogP contribution < -0.4 is 15.1 Å². The molecule has 0 aromatic heterocycles. The molecular formula is C26H21F3N4O3. The minimum atomic E-state index is -4.71. The average Bonchev–Trinajstić information content (AvgIpc) is 3.35. The number of nitrogens with zero attached hydrogens (tertiary/aromatic N) is 3. The van der Waals surface area contributed by atoms with Gasteiger partial charge in [0, 0.05) is 12.1 Å². The lowest BCUT2D eigenvalue weighted by molar-refractivity contribution is -0.117. The molecule has 7 nitrogen and oxygen atoms in total. The van der Waals surface area contributed by atoms with Crippen molar-refractivity contribution in [2.75, 3.05) is 17.4 Å². The predicted molar refractivity (Wildman–Crippen MR) is 128 cm³/mol. The van der Waals surface area contributed by atoms with Crippen molar-refractivity contribution < 1.29 is 27.8 Å². The zero-order valence-corrected chi connectivity index (χ0v) is 19.0. The van der Waals surface area contributed by atoms with Gasteiger partial charge in [-0.3, -0.25) is 9.80 Å². The predicted octanol–water partition coefficient (Wildman–Crippen LogP) is 4.78. The van der Waals surface area contributed by atoms with Crippen LogP contribution >= 0.6 is 0 Å². The third-order valence-electron chi connectivity index (χ3n) is 5.68. The Labute approximate surface area is 205 Å². The molecule has 0 radical (unpaired) electrons. The van der Waals surface area contributed by atoms with Crippen LogP contribution in [0.2, 0.25) is 0 Å². The van der Waals surface area contributed by atoms with Crippen LogP contribution in [0.3, 0.4) is 0 Å². The number of hydrazone groups is 1. The zero-order chi connectivity index (χ0) is 25.9. The molecule has 1 heterocycles. The van der Waals surface area contributed by atoms with Gasteiger partial charge in [-0.15, -0.1) is 0 Å². The number of carbonyl (C=O) groups is 1. The van der Waals surface area contributed by atoms with E-state index in [0.29, 0.717) is 22.6 Å². The van der Waals surface area contributed by atoms with Crippen molar-refractivity contribution >= 4 is 23.0 Å². The van der Waals surface area contributed by atoms with Crippen molar-refractivity contribution in [1.29, 1.82) is 5.26 Å². The minimum absolute atomic E-state index is 0.192. The Bertz CT molecular complexity index is 1330. The maximum Gasteiger partial charge on any atom is 0.431 e. The van der Waals surface area contributed by atoms with Gasteiger partial charge >= 0.3 is 6.18 Å². The molecule has 0 fully saturated rings. The first-order valence-corrected chi connectivity index (χ1v) is 10.9. The number of hydrogen-bond acceptors (Lipinski definition) is 6. The summed E-state index contributed by atoms with van der Waals surface area (Å²) in [4.78, 5) is 13.1. The number of nitrogens with one attached hydrogen (secondary N) is 1. The smallest absolute Gasteiger partial charge is 0.431 e. The number of aliphatic hydroxyl groups is 1. The molecule has 2 N–H and O–H groups in total. The molecule has 2 unspecified atom stereocenters. The molecule has 2 atom stereocenters. The number of alkyl halides is 3. The zero-order valence-electron chi connectivity index (χ0n) is 19.0. The van der Waals surface area contributed by atoms with Gasteiger partial charge < -0.3 is 15.2 Å². The molecule has 0 aliphatic carbocycles. The van der Waals surface area contributed by atoms with E-state index in [9.17, 15) is 23.1 Å². The third-order valence-corrected chi connectivity index (χ3v) is 5.68. The van der Waals surface area contributed by atoms with E-state index in [1.54, 1.807) is 48.5 Å². The van der Waals surface area contributed by atoms with Gasteiger partial charge in [0.05, 0.1) is 24.4 Å². The number of halogens is 3. The first-order valence-electron chi connectivity index (χ1n) is 10.9. The van der Waals surface area contributed by atoms with Gasteiger partial charge in [-0.1, -0.05) is 30.3 Å². The molecule has 0 saturated carbocycles. The summed E-state index contributed by atoms with van der Waals surface area (Å²) in [5.74, 6) is -0.0784. The number of methoxy groups -OCH3 is 1. The molecule has 0 bridgehead atoms. The maximum atomic E-state index is 13.4. The Balaban J connectivity index is 1.56. The lowest BCUT2D eigenvalue weighted by Gasteiger charge is -2.23. The Morgan fingerprint density at radius 1 is 1.14 bits per heavy atom. The van der Waals surface area contributed by atoms with Crippen LogP contribution in [-0.2, 0) is 4.79 Å². The SMILES string of the molecule is COc1ccc(C(O)c2cccc(NC(=O)C3CC(C(F)(F)F)=NN3c3cccc(C#N)c3)c2)cc1. The molecule has 3 aromatic rings. The van der Waals surface area contributed by atoms with E-state index in [-0.39, 0.29) is 11.3 Å². The quantitative estimate of drug-likeness (QED) is 0.514. The summed E-state index contributed by atoms with van der Waals surface area (Å²) in [5, 5.41) is 27.2. The van der Waals surface area contributed by atoms with E-state index < -0.39 is 36.4 Å². The van der Waals surface area contributed by atoms with E-state index in [4.69, 9.17) is 10.00 Å². The highest BCUT2D eigenvalue weighted by molar-refractivity contribution is 6.04. The minimum Gasteiger partial charge on any atom is -0.497 e. The fourth-order valence-electron chi connectivity index (χ4n) is 3.83. The summed E-state index contributed by atoms with van der Waals surface area (Å²) < 4.78 is 45.4. The number of rotatable bonds is 6. The van der Waals surface area contributed by atoms with E-state index in [0.717, 1.165) is 5.01 Å². The second-order valence-electron chi connectivity index (χ2n) is 8.06. The molecule has 0 spiro atoms. The highest BCUT2D eigenvalue weighted by Crippen LogP contribution is 2.33. The van der Waals surface area contributed by atoms with Crippen LogP contribution in [0, 0.1) is 11.3 Å². The summed E-state index contributed by atoms with van der Waals surface area (Å²) in [7, 11) is 1.53. The van der Waals surface area contributed by atoms with Crippen LogP contribution in [-0.4, -0.2) is 36.1 Å². The molecule has 3 aromatic carbocycles. The number of hydrogen-bond donors (Lipinski definition) is 2. The summed E-state index contributed by atoms with van der Waals surface area (Å²) >= 11 is 0. The Hall–Kier alpha value is -4.36. The molecule has 1 aliphatic rings. The monoisotopic (exact) mass is 494 g/mol. The molecule has 4 rings (SSSR count). The van der Waals surface area contributed by atoms with Gasteiger partial charge in [0.2, 0.25) is 5.91 Å². The van der Waals surface area contributed by atoms with Crippen molar-refractivity contribution in [2.24, 2.45) is 5.10 Å². The summed E-state index contributed by atoms with van der Waals surface area (Å²) in [6.45, 7) is 0. The van der Waals surface area contributed by atoms with Crippen molar-refractivity contribution in [3.8, 4) is 11.8 Å². The number of nitriles is 1. The van der Waals surface area contributed by atoms with E-state index in [1.165, 1.54) is 31.4 Å². The van der Waals surface area contributed by atoms with Crippen molar-refractivity contribution in [3.05, 3.63) is 89.5 Å². The fraction of sp³-hybridized carbons (Fsp3) is 0.192. The van der Waals surface area contributed by atoms with E-state index >= 15 is 0 Å². The lowest BCUT2D eigenvalue weighted by atomic mass is 10.0. The van der Waals surface area contributed by atoms with Crippen LogP contribution in [0.15, 0.2) is 77.9 Å². The molecular weight excluding hydrogens is 473 g/mol. The van der Waals surface area contributed by atoms with Gasteiger partial charge in [0.15, 0.2) is 0 Å². The van der Waals surface area contributed by atoms with Gasteiger partial charge in [-0.05, 0) is 53.6 Å². The summed E-state index contributed by atoms with van der Waals surface area (Å²) in [6.07, 6.45) is -6.35. The molecule has 0 saturated heterocycles. The van der Waals surface area contributed by atoms with Crippen LogP contribution in [0.25, 0.3) is 0 Å². The van der Waals surface area contributed by atoms with Crippen LogP contribution in [0.5, 0.6) is 5.75 Å². The number of anilines is 2. The number of carbonyl (C=O) groups excluding carboxylic acids is 1. The second kappa shape index (κ2) is 10.1. The largest absolute Gasteiger partial charge is 0.497 e. The van der Waals surface area contributed by atoms with Gasteiger partial charge in [-0.2, -0.15) is 23.5 Å². The van der Waals surface area contributed by atoms with Crippen LogP contribution in [0.4, 0.5) is 24.5 Å². The van der Waals surface area contributed by atoms with Crippen LogP contribution in [0.1, 0.15) is 29.2 Å². The Morgan fingerprint density at radius 2 is 1.86 bits per heavy atom. The number of aliphatic hydroxyl groups excluding tert-OH is 1. The standard InChI is InChI=1S/C26H21F3N4O3/c1-36-21-10-8-17(9-11-21)24(34)18-5-3-6-19(13-18)31-25(35)22-14-23(26(27,28)29)32-33(22)20-7-2-4-16(12-20)15-30/h2-13,22,24,34H,14H2,1H3,(H,31,35). The normalized spacial score (nSPS) is 16.2. The number of amides is 1. The van der Waals surface area contributed by atoms with E-state index in [2.05, 4.69) is 10.4 Å². The third kappa shape index (κ3) is 5.31. The number of ether oxygens (including phenoxy) is 1. The molecule has 1 aliphatic heterocycles. The first-order chi connectivity index (χ1) is 17.2. The van der Waals surface area contributed by atoms with Crippen molar-refractivity contribution in [1.82, 2.24) is 0 Å². The summed E-state index contributed by atoms with van der Waals surface area (Å²) in [5.41, 5.74) is 0.710. The first kappa shape index (κ1) is 24.8. The molecule has 36 heavy (non-hydrogen) atoms. The lowest BCUT2D eigenvalue weighted by Crippen LogP contribution is -2.39. The number of benzene rings is 3. The summed E-state index contributed by atoms with van der Waals surface area (Å²) in [6, 6.07) is 19.7. The molecule has 184 valence electrons. The van der Waals surface area contributed by atoms with Gasteiger partial charge in [-0.25, -0.2) is 0 Å². The molecule has 1 amide bonds. The average molecular weight is 494 g/mol. The highest BCUT2D eigenvalue weighted by Gasteiger charge is 2.45. The second-order valence-corrected chi connectivity index (χ2v) is 8.06. The topological polar surface area (TPSA) is 97.9 Å². The Morgan fingerprint density at radius 3 is 2.53 bits per heavy atom. The van der Waals surface area contributed by atoms with Crippen molar-refractivity contribution in [2.45, 2.75) is 24.7 Å². The Kier molecular flexibility index (Phi) is 6.94. The fourth-order valence-corrected chi connectivity index (χ4v) is 3.83.